The summed E-state index contributed by atoms with van der Waals surface area (Å²) in [6.07, 6.45) is 2.32. The lowest BCUT2D eigenvalue weighted by Crippen LogP contribution is -2.44. The summed E-state index contributed by atoms with van der Waals surface area (Å²) < 4.78 is 10.9. The summed E-state index contributed by atoms with van der Waals surface area (Å²) in [5, 5.41) is 2.00. The summed E-state index contributed by atoms with van der Waals surface area (Å²) in [5.41, 5.74) is 1.90. The molecular weight excluding hydrogens is 460 g/mol. The van der Waals surface area contributed by atoms with Gasteiger partial charge in [0.25, 0.3) is 0 Å². The number of carbonyl (C=O) groups is 2. The van der Waals surface area contributed by atoms with Crippen LogP contribution in [0.5, 0.6) is 11.5 Å². The SMILES string of the molecule is C=CCN(CC(=O)N(Cc1ccc2c(c1)OCO2)Cc1cccs1)C(=O)C(CC)c1ccccc1. The summed E-state index contributed by atoms with van der Waals surface area (Å²) in [7, 11) is 0. The highest BCUT2D eigenvalue weighted by Crippen LogP contribution is 2.33. The van der Waals surface area contributed by atoms with Crippen LogP contribution < -0.4 is 9.47 Å². The largest absolute Gasteiger partial charge is 0.454 e. The number of hydrogen-bond acceptors (Lipinski definition) is 5. The Morgan fingerprint density at radius 3 is 2.54 bits per heavy atom. The molecule has 4 rings (SSSR count). The van der Waals surface area contributed by atoms with Gasteiger partial charge in [0.15, 0.2) is 11.5 Å². The highest BCUT2D eigenvalue weighted by molar-refractivity contribution is 7.09. The van der Waals surface area contributed by atoms with Gasteiger partial charge >= 0.3 is 0 Å². The van der Waals surface area contributed by atoms with Gasteiger partial charge in [0.1, 0.15) is 6.54 Å². The summed E-state index contributed by atoms with van der Waals surface area (Å²) >= 11 is 1.61. The number of thiophene rings is 1. The first-order valence-corrected chi connectivity index (χ1v) is 12.6. The molecule has 1 atom stereocenters. The monoisotopic (exact) mass is 490 g/mol. The molecule has 0 saturated heterocycles. The standard InChI is InChI=1S/C28H30N2O4S/c1-3-14-29(28(32)24(4-2)22-9-6-5-7-10-22)19-27(31)30(18-23-11-8-15-35-23)17-21-12-13-25-26(16-21)34-20-33-25/h3,5-13,15-16,24H,1,4,14,17-20H2,2H3. The predicted molar refractivity (Wildman–Crippen MR) is 137 cm³/mol. The molecule has 1 aliphatic rings. The molecule has 0 spiro atoms. The third-order valence-electron chi connectivity index (χ3n) is 5.99. The lowest BCUT2D eigenvalue weighted by molar-refractivity contribution is -0.141. The number of nitrogens with zero attached hydrogens (tertiary/aromatic N) is 2. The van der Waals surface area contributed by atoms with Crippen LogP contribution in [-0.2, 0) is 22.7 Å². The van der Waals surface area contributed by atoms with Gasteiger partial charge in [-0.2, -0.15) is 0 Å². The van der Waals surface area contributed by atoms with Crippen molar-refractivity contribution in [3.8, 4) is 11.5 Å². The van der Waals surface area contributed by atoms with E-state index in [0.29, 0.717) is 37.6 Å². The molecule has 182 valence electrons. The van der Waals surface area contributed by atoms with Gasteiger partial charge in [-0.15, -0.1) is 17.9 Å². The van der Waals surface area contributed by atoms with Crippen LogP contribution in [0, 0.1) is 0 Å². The minimum atomic E-state index is -0.302. The van der Waals surface area contributed by atoms with E-state index in [4.69, 9.17) is 9.47 Å². The van der Waals surface area contributed by atoms with E-state index in [-0.39, 0.29) is 31.1 Å². The molecule has 1 aromatic heterocycles. The Labute approximate surface area is 210 Å². The fraction of sp³-hybridized carbons (Fsp3) is 0.286. The molecule has 2 amide bonds. The van der Waals surface area contributed by atoms with Crippen LogP contribution in [0.15, 0.2) is 78.7 Å². The summed E-state index contributed by atoms with van der Waals surface area (Å²) in [4.78, 5) is 31.6. The second-order valence-electron chi connectivity index (χ2n) is 8.40. The van der Waals surface area contributed by atoms with Crippen molar-refractivity contribution in [2.75, 3.05) is 19.9 Å². The quantitative estimate of drug-likeness (QED) is 0.346. The van der Waals surface area contributed by atoms with Crippen molar-refractivity contribution in [3.05, 3.63) is 94.7 Å². The maximum atomic E-state index is 13.6. The normalized spacial score (nSPS) is 12.7. The van der Waals surface area contributed by atoms with Gasteiger partial charge in [-0.25, -0.2) is 0 Å². The highest BCUT2D eigenvalue weighted by Gasteiger charge is 2.27. The summed E-state index contributed by atoms with van der Waals surface area (Å²) in [6, 6.07) is 19.4. The van der Waals surface area contributed by atoms with Gasteiger partial charge in [-0.3, -0.25) is 9.59 Å². The van der Waals surface area contributed by atoms with E-state index in [1.165, 1.54) is 0 Å². The topological polar surface area (TPSA) is 59.1 Å². The molecule has 7 heteroatoms. The molecule has 1 aliphatic heterocycles. The maximum absolute atomic E-state index is 13.6. The van der Waals surface area contributed by atoms with Crippen LogP contribution in [-0.4, -0.2) is 41.5 Å². The van der Waals surface area contributed by atoms with Gasteiger partial charge in [0.05, 0.1) is 12.5 Å². The molecule has 3 aromatic rings. The Morgan fingerprint density at radius 1 is 1.03 bits per heavy atom. The first-order chi connectivity index (χ1) is 17.1. The van der Waals surface area contributed by atoms with E-state index >= 15 is 0 Å². The molecule has 0 aliphatic carbocycles. The van der Waals surface area contributed by atoms with Gasteiger partial charge in [0, 0.05) is 18.0 Å². The van der Waals surface area contributed by atoms with Crippen molar-refractivity contribution < 1.29 is 19.1 Å². The third-order valence-corrected chi connectivity index (χ3v) is 6.85. The summed E-state index contributed by atoms with van der Waals surface area (Å²) in [6.45, 7) is 7.18. The van der Waals surface area contributed by atoms with Crippen molar-refractivity contribution >= 4 is 23.2 Å². The average molecular weight is 491 g/mol. The van der Waals surface area contributed by atoms with Crippen molar-refractivity contribution in [2.45, 2.75) is 32.4 Å². The zero-order valence-electron chi connectivity index (χ0n) is 19.9. The third kappa shape index (κ3) is 6.11. The van der Waals surface area contributed by atoms with E-state index in [2.05, 4.69) is 6.58 Å². The first kappa shape index (κ1) is 24.5. The average Bonchev–Trinajstić information content (AvgIpc) is 3.56. The van der Waals surface area contributed by atoms with E-state index in [9.17, 15) is 9.59 Å². The first-order valence-electron chi connectivity index (χ1n) is 11.7. The number of rotatable bonds is 11. The summed E-state index contributed by atoms with van der Waals surface area (Å²) in [5.74, 6) is 0.908. The maximum Gasteiger partial charge on any atom is 0.242 e. The number of fused-ring (bicyclic) bond motifs is 1. The molecule has 35 heavy (non-hydrogen) atoms. The molecule has 1 unspecified atom stereocenters. The number of carbonyl (C=O) groups excluding carboxylic acids is 2. The molecule has 0 radical (unpaired) electrons. The van der Waals surface area contributed by atoms with Crippen LogP contribution in [0.4, 0.5) is 0 Å². The van der Waals surface area contributed by atoms with Crippen molar-refractivity contribution in [1.82, 2.24) is 9.80 Å². The molecule has 0 saturated carbocycles. The Morgan fingerprint density at radius 2 is 1.83 bits per heavy atom. The molecule has 2 aromatic carbocycles. The van der Waals surface area contributed by atoms with E-state index in [1.54, 1.807) is 27.2 Å². The van der Waals surface area contributed by atoms with Crippen LogP contribution in [0.3, 0.4) is 0 Å². The second kappa shape index (κ2) is 11.7. The smallest absolute Gasteiger partial charge is 0.242 e. The highest BCUT2D eigenvalue weighted by atomic mass is 32.1. The second-order valence-corrected chi connectivity index (χ2v) is 9.43. The van der Waals surface area contributed by atoms with Gasteiger partial charge in [-0.05, 0) is 41.1 Å². The van der Waals surface area contributed by atoms with Crippen LogP contribution in [0.2, 0.25) is 0 Å². The Bertz CT molecular complexity index is 1150. The fourth-order valence-corrected chi connectivity index (χ4v) is 4.91. The van der Waals surface area contributed by atoms with E-state index in [1.807, 2.05) is 73.0 Å². The number of benzene rings is 2. The van der Waals surface area contributed by atoms with Gasteiger partial charge in [0.2, 0.25) is 18.6 Å². The number of amides is 2. The van der Waals surface area contributed by atoms with Crippen molar-refractivity contribution in [1.29, 1.82) is 0 Å². The van der Waals surface area contributed by atoms with E-state index in [0.717, 1.165) is 16.0 Å². The predicted octanol–water partition coefficient (Wildman–Crippen LogP) is 5.21. The van der Waals surface area contributed by atoms with Crippen molar-refractivity contribution in [3.63, 3.8) is 0 Å². The molecule has 0 fully saturated rings. The van der Waals surface area contributed by atoms with E-state index < -0.39 is 0 Å². The van der Waals surface area contributed by atoms with Crippen LogP contribution in [0.25, 0.3) is 0 Å². The lowest BCUT2D eigenvalue weighted by Gasteiger charge is -2.29. The Balaban J connectivity index is 1.53. The zero-order chi connectivity index (χ0) is 24.6. The molecule has 2 heterocycles. The zero-order valence-corrected chi connectivity index (χ0v) is 20.7. The van der Waals surface area contributed by atoms with Crippen LogP contribution in [0.1, 0.15) is 35.3 Å². The molecule has 6 nitrogen and oxygen atoms in total. The minimum Gasteiger partial charge on any atom is -0.454 e. The number of ether oxygens (including phenoxy) is 2. The lowest BCUT2D eigenvalue weighted by atomic mass is 9.95. The Hall–Kier alpha value is -3.58. The minimum absolute atomic E-state index is 0.00981. The van der Waals surface area contributed by atoms with Crippen LogP contribution >= 0.6 is 11.3 Å². The Kier molecular flexibility index (Phi) is 8.21. The number of hydrogen-bond donors (Lipinski definition) is 0. The fourth-order valence-electron chi connectivity index (χ4n) is 4.19. The molecule has 0 N–H and O–H groups in total. The van der Waals surface area contributed by atoms with Gasteiger partial charge in [-0.1, -0.05) is 55.5 Å². The van der Waals surface area contributed by atoms with Gasteiger partial charge < -0.3 is 19.3 Å². The van der Waals surface area contributed by atoms with Crippen molar-refractivity contribution in [2.24, 2.45) is 0 Å². The molecule has 0 bridgehead atoms. The molecular formula is C28H30N2O4S.